The number of sulfonamides is 1. The van der Waals surface area contributed by atoms with Gasteiger partial charge in [0.15, 0.2) is 5.76 Å². The van der Waals surface area contributed by atoms with Crippen LogP contribution in [0.2, 0.25) is 0 Å². The maximum Gasteiger partial charge on any atom is 0.284 e. The molecule has 1 aliphatic heterocycles. The summed E-state index contributed by atoms with van der Waals surface area (Å²) in [5, 5.41) is 2.17. The Hall–Kier alpha value is -2.68. The summed E-state index contributed by atoms with van der Waals surface area (Å²) in [6, 6.07) is 17.1. The number of carbonyl (C=O) groups is 1. The number of furan rings is 1. The smallest absolute Gasteiger partial charge is 0.284 e. The fraction of sp³-hybridized carbons (Fsp3) is 0.250. The Bertz CT molecular complexity index is 1110. The number of hydrogen-bond acceptors (Lipinski definition) is 5. The Morgan fingerprint density at radius 2 is 1.68 bits per heavy atom. The number of nitrogens with two attached hydrogens (primary N) is 1. The summed E-state index contributed by atoms with van der Waals surface area (Å²) in [6.07, 6.45) is 0. The lowest BCUT2D eigenvalue weighted by atomic mass is 10.0. The van der Waals surface area contributed by atoms with Crippen molar-refractivity contribution >= 4 is 26.7 Å². The van der Waals surface area contributed by atoms with Gasteiger partial charge in [0, 0.05) is 32.7 Å². The minimum absolute atomic E-state index is 0.159. The molecule has 3 aromatic rings. The van der Waals surface area contributed by atoms with Gasteiger partial charge in [-0.05, 0) is 28.5 Å². The molecule has 1 saturated heterocycles. The van der Waals surface area contributed by atoms with Crippen molar-refractivity contribution in [2.75, 3.05) is 26.2 Å². The zero-order valence-electron chi connectivity index (χ0n) is 15.2. The van der Waals surface area contributed by atoms with Crippen molar-refractivity contribution < 1.29 is 17.6 Å². The Morgan fingerprint density at radius 3 is 2.39 bits per heavy atom. The molecule has 0 aliphatic carbocycles. The molecule has 1 aliphatic rings. The maximum atomic E-state index is 12.7. The average Bonchev–Trinajstić information content (AvgIpc) is 3.20. The molecule has 0 spiro atoms. The van der Waals surface area contributed by atoms with Gasteiger partial charge < -0.3 is 10.2 Å². The molecule has 1 amide bonds. The van der Waals surface area contributed by atoms with Crippen LogP contribution in [-0.4, -0.2) is 49.7 Å². The first kappa shape index (κ1) is 18.7. The number of piperazine rings is 1. The summed E-state index contributed by atoms with van der Waals surface area (Å²) < 4.78 is 32.0. The van der Waals surface area contributed by atoms with Gasteiger partial charge in [-0.2, -0.15) is 4.31 Å². The zero-order chi connectivity index (χ0) is 19.7. The second-order valence-electron chi connectivity index (χ2n) is 6.80. The lowest BCUT2D eigenvalue weighted by Crippen LogP contribution is -2.48. The van der Waals surface area contributed by atoms with Crippen molar-refractivity contribution in [3.63, 3.8) is 0 Å². The van der Waals surface area contributed by atoms with E-state index in [0.717, 1.165) is 6.54 Å². The highest BCUT2D eigenvalue weighted by Gasteiger charge is 2.31. The largest absolute Gasteiger partial charge is 0.438 e. The highest BCUT2D eigenvalue weighted by molar-refractivity contribution is 7.89. The first-order valence-electron chi connectivity index (χ1n) is 9.04. The molecule has 7 nitrogen and oxygen atoms in total. The minimum Gasteiger partial charge on any atom is -0.438 e. The molecule has 0 radical (unpaired) electrons. The number of carbonyl (C=O) groups excluding carboxylic acids is 1. The van der Waals surface area contributed by atoms with Crippen LogP contribution in [0.15, 0.2) is 64.1 Å². The zero-order valence-corrected chi connectivity index (χ0v) is 16.1. The molecular weight excluding hydrogens is 378 g/mol. The Kier molecular flexibility index (Phi) is 4.92. The molecule has 0 atom stereocenters. The number of primary amides is 1. The molecule has 28 heavy (non-hydrogen) atoms. The molecule has 146 valence electrons. The predicted octanol–water partition coefficient (Wildman–Crippen LogP) is 2.04. The van der Waals surface area contributed by atoms with Gasteiger partial charge in [0.2, 0.25) is 5.09 Å². The molecule has 4 rings (SSSR count). The standard InChI is InChI=1S/C20H21N3O4S/c21-20(24)18-8-9-19(27-18)28(25,26)23-12-10-22(11-13-23)14-16-6-3-5-15-4-1-2-7-17(15)16/h1-9H,10-14H2,(H2,21,24). The van der Waals surface area contributed by atoms with E-state index in [2.05, 4.69) is 29.2 Å². The van der Waals surface area contributed by atoms with Crippen molar-refractivity contribution in [1.29, 1.82) is 0 Å². The van der Waals surface area contributed by atoms with Crippen molar-refractivity contribution in [2.24, 2.45) is 5.73 Å². The van der Waals surface area contributed by atoms with Crippen LogP contribution in [0.5, 0.6) is 0 Å². The summed E-state index contributed by atoms with van der Waals surface area (Å²) in [5.74, 6) is -0.950. The number of rotatable bonds is 5. The normalized spacial score (nSPS) is 16.4. The van der Waals surface area contributed by atoms with Crippen molar-refractivity contribution in [3.05, 3.63) is 65.9 Å². The fourth-order valence-corrected chi connectivity index (χ4v) is 4.85. The van der Waals surface area contributed by atoms with Crippen LogP contribution in [0, 0.1) is 0 Å². The second-order valence-corrected chi connectivity index (χ2v) is 8.67. The van der Waals surface area contributed by atoms with Gasteiger partial charge in [0.05, 0.1) is 0 Å². The highest BCUT2D eigenvalue weighted by Crippen LogP contribution is 2.23. The number of benzene rings is 2. The van der Waals surface area contributed by atoms with E-state index in [1.165, 1.54) is 32.8 Å². The van der Waals surface area contributed by atoms with Crippen LogP contribution in [0.1, 0.15) is 16.1 Å². The van der Waals surface area contributed by atoms with E-state index in [-0.39, 0.29) is 10.9 Å². The number of nitrogens with zero attached hydrogens (tertiary/aromatic N) is 2. The van der Waals surface area contributed by atoms with E-state index in [1.807, 2.05) is 18.2 Å². The van der Waals surface area contributed by atoms with Gasteiger partial charge in [-0.25, -0.2) is 8.42 Å². The molecule has 0 saturated carbocycles. The maximum absolute atomic E-state index is 12.7. The number of hydrogen-bond donors (Lipinski definition) is 1. The average molecular weight is 399 g/mol. The molecule has 1 fully saturated rings. The second kappa shape index (κ2) is 7.38. The third kappa shape index (κ3) is 3.54. The Morgan fingerprint density at radius 1 is 0.964 bits per heavy atom. The number of amides is 1. The van der Waals surface area contributed by atoms with Crippen LogP contribution < -0.4 is 5.73 Å². The SMILES string of the molecule is NC(=O)c1ccc(S(=O)(=O)N2CCN(Cc3cccc4ccccc34)CC2)o1. The molecule has 2 N–H and O–H groups in total. The molecule has 1 aromatic heterocycles. The highest BCUT2D eigenvalue weighted by atomic mass is 32.2. The molecule has 2 aromatic carbocycles. The summed E-state index contributed by atoms with van der Waals surface area (Å²) >= 11 is 0. The molecule has 8 heteroatoms. The van der Waals surface area contributed by atoms with Crippen LogP contribution >= 0.6 is 0 Å². The van der Waals surface area contributed by atoms with Gasteiger partial charge in [0.25, 0.3) is 15.9 Å². The topological polar surface area (TPSA) is 96.8 Å². The molecular formula is C20H21N3O4S. The lowest BCUT2D eigenvalue weighted by Gasteiger charge is -2.33. The Balaban J connectivity index is 1.44. The van der Waals surface area contributed by atoms with E-state index < -0.39 is 15.9 Å². The fourth-order valence-electron chi connectivity index (χ4n) is 3.52. The van der Waals surface area contributed by atoms with Crippen molar-refractivity contribution in [3.8, 4) is 0 Å². The van der Waals surface area contributed by atoms with Crippen LogP contribution in [-0.2, 0) is 16.6 Å². The third-order valence-corrected chi connectivity index (χ3v) is 6.80. The molecule has 0 bridgehead atoms. The molecule has 2 heterocycles. The van der Waals surface area contributed by atoms with Crippen molar-refractivity contribution in [2.45, 2.75) is 11.6 Å². The molecule has 0 unspecified atom stereocenters. The summed E-state index contributed by atoms with van der Waals surface area (Å²) in [5.41, 5.74) is 6.36. The van der Waals surface area contributed by atoms with E-state index in [9.17, 15) is 13.2 Å². The van der Waals surface area contributed by atoms with Gasteiger partial charge in [0.1, 0.15) is 0 Å². The predicted molar refractivity (Wildman–Crippen MR) is 105 cm³/mol. The number of fused-ring (bicyclic) bond motifs is 1. The van der Waals surface area contributed by atoms with Crippen LogP contribution in [0.3, 0.4) is 0 Å². The van der Waals surface area contributed by atoms with E-state index in [0.29, 0.717) is 26.2 Å². The van der Waals surface area contributed by atoms with Crippen LogP contribution in [0.4, 0.5) is 0 Å². The van der Waals surface area contributed by atoms with E-state index >= 15 is 0 Å². The third-order valence-electron chi connectivity index (χ3n) is 5.02. The van der Waals surface area contributed by atoms with Crippen LogP contribution in [0.25, 0.3) is 10.8 Å². The van der Waals surface area contributed by atoms with E-state index in [1.54, 1.807) is 0 Å². The monoisotopic (exact) mass is 399 g/mol. The van der Waals surface area contributed by atoms with Gasteiger partial charge >= 0.3 is 0 Å². The Labute approximate surface area is 163 Å². The van der Waals surface area contributed by atoms with Gasteiger partial charge in [-0.15, -0.1) is 0 Å². The first-order chi connectivity index (χ1) is 13.4. The lowest BCUT2D eigenvalue weighted by molar-refractivity contribution is 0.0968. The quantitative estimate of drug-likeness (QED) is 0.708. The first-order valence-corrected chi connectivity index (χ1v) is 10.5. The van der Waals surface area contributed by atoms with E-state index in [4.69, 9.17) is 10.2 Å². The van der Waals surface area contributed by atoms with Gasteiger partial charge in [-0.3, -0.25) is 9.69 Å². The van der Waals surface area contributed by atoms with Gasteiger partial charge in [-0.1, -0.05) is 42.5 Å². The summed E-state index contributed by atoms with van der Waals surface area (Å²) in [7, 11) is -3.77. The minimum atomic E-state index is -3.77. The summed E-state index contributed by atoms with van der Waals surface area (Å²) in [6.45, 7) is 2.72. The summed E-state index contributed by atoms with van der Waals surface area (Å²) in [4.78, 5) is 13.4. The van der Waals surface area contributed by atoms with Crippen molar-refractivity contribution in [1.82, 2.24) is 9.21 Å².